The number of carbonyl (C=O) groups excluding carboxylic acids is 1. The van der Waals surface area contributed by atoms with Crippen LogP contribution < -0.4 is 10.1 Å². The standard InChI is InChI=1S/C17H19NO3S2/c19-16(18-11-15-3-1-8-20-15)12-21-14-6-4-13(5-7-14)17-22-9-2-10-23-17/h1,3-8,17H,2,9-12H2,(H,18,19). The van der Waals surface area contributed by atoms with Crippen LogP contribution in [0.3, 0.4) is 0 Å². The van der Waals surface area contributed by atoms with Crippen LogP contribution in [0.25, 0.3) is 0 Å². The van der Waals surface area contributed by atoms with E-state index < -0.39 is 0 Å². The molecule has 2 heterocycles. The summed E-state index contributed by atoms with van der Waals surface area (Å²) in [7, 11) is 0. The highest BCUT2D eigenvalue weighted by Gasteiger charge is 2.16. The van der Waals surface area contributed by atoms with E-state index in [0.717, 1.165) is 5.76 Å². The van der Waals surface area contributed by atoms with Gasteiger partial charge in [0.15, 0.2) is 6.61 Å². The summed E-state index contributed by atoms with van der Waals surface area (Å²) in [6.07, 6.45) is 2.88. The maximum absolute atomic E-state index is 11.7. The van der Waals surface area contributed by atoms with E-state index in [9.17, 15) is 4.79 Å². The molecule has 1 aliphatic rings. The number of amides is 1. The summed E-state index contributed by atoms with van der Waals surface area (Å²) in [6, 6.07) is 11.7. The SMILES string of the molecule is O=C(COc1ccc(C2SCCCS2)cc1)NCc1ccco1. The fourth-order valence-corrected chi connectivity index (χ4v) is 5.09. The molecule has 122 valence electrons. The van der Waals surface area contributed by atoms with E-state index in [1.54, 1.807) is 12.3 Å². The lowest BCUT2D eigenvalue weighted by molar-refractivity contribution is -0.123. The van der Waals surface area contributed by atoms with Crippen LogP contribution in [0.2, 0.25) is 0 Å². The molecule has 0 spiro atoms. The Balaban J connectivity index is 1.43. The number of benzene rings is 1. The van der Waals surface area contributed by atoms with Crippen molar-refractivity contribution in [1.29, 1.82) is 0 Å². The van der Waals surface area contributed by atoms with Crippen molar-refractivity contribution in [1.82, 2.24) is 5.32 Å². The van der Waals surface area contributed by atoms with Gasteiger partial charge in [0.1, 0.15) is 11.5 Å². The first-order valence-electron chi connectivity index (χ1n) is 7.56. The average molecular weight is 349 g/mol. The molecule has 0 atom stereocenters. The Bertz CT molecular complexity index is 607. The second-order valence-electron chi connectivity index (χ2n) is 5.14. The van der Waals surface area contributed by atoms with Gasteiger partial charge >= 0.3 is 0 Å². The van der Waals surface area contributed by atoms with E-state index in [2.05, 4.69) is 17.4 Å². The smallest absolute Gasteiger partial charge is 0.258 e. The molecule has 1 N–H and O–H groups in total. The van der Waals surface area contributed by atoms with Crippen molar-refractivity contribution in [2.24, 2.45) is 0 Å². The molecule has 1 aromatic carbocycles. The molecule has 6 heteroatoms. The molecule has 0 bridgehead atoms. The molecule has 1 aromatic heterocycles. The van der Waals surface area contributed by atoms with Crippen LogP contribution in [0.15, 0.2) is 47.1 Å². The van der Waals surface area contributed by atoms with Crippen molar-refractivity contribution >= 4 is 29.4 Å². The zero-order chi connectivity index (χ0) is 15.9. The van der Waals surface area contributed by atoms with Gasteiger partial charge in [0.25, 0.3) is 5.91 Å². The third kappa shape index (κ3) is 4.97. The lowest BCUT2D eigenvalue weighted by Gasteiger charge is -2.21. The van der Waals surface area contributed by atoms with Crippen LogP contribution in [-0.2, 0) is 11.3 Å². The van der Waals surface area contributed by atoms with Gasteiger partial charge in [0.05, 0.1) is 17.4 Å². The van der Waals surface area contributed by atoms with Crippen molar-refractivity contribution in [3.63, 3.8) is 0 Å². The molecule has 1 fully saturated rings. The lowest BCUT2D eigenvalue weighted by Crippen LogP contribution is -2.28. The van der Waals surface area contributed by atoms with Crippen LogP contribution >= 0.6 is 23.5 Å². The maximum atomic E-state index is 11.7. The van der Waals surface area contributed by atoms with Gasteiger partial charge in [-0.05, 0) is 47.8 Å². The van der Waals surface area contributed by atoms with Gasteiger partial charge in [-0.2, -0.15) is 0 Å². The van der Waals surface area contributed by atoms with E-state index in [0.29, 0.717) is 16.9 Å². The Morgan fingerprint density at radius 3 is 2.70 bits per heavy atom. The van der Waals surface area contributed by atoms with Gasteiger partial charge in [-0.25, -0.2) is 0 Å². The predicted octanol–water partition coefficient (Wildman–Crippen LogP) is 3.84. The maximum Gasteiger partial charge on any atom is 0.258 e. The number of ether oxygens (including phenoxy) is 1. The second-order valence-corrected chi connectivity index (χ2v) is 7.87. The number of rotatable bonds is 6. The summed E-state index contributed by atoms with van der Waals surface area (Å²) in [5, 5.41) is 2.75. The summed E-state index contributed by atoms with van der Waals surface area (Å²) >= 11 is 3.99. The highest BCUT2D eigenvalue weighted by Crippen LogP contribution is 2.43. The fraction of sp³-hybridized carbons (Fsp3) is 0.353. The lowest BCUT2D eigenvalue weighted by atomic mass is 10.2. The Labute approximate surface area is 144 Å². The van der Waals surface area contributed by atoms with Crippen molar-refractivity contribution in [3.8, 4) is 5.75 Å². The van der Waals surface area contributed by atoms with Gasteiger partial charge < -0.3 is 14.5 Å². The normalized spacial score (nSPS) is 15.3. The van der Waals surface area contributed by atoms with E-state index in [1.165, 1.54) is 23.5 Å². The van der Waals surface area contributed by atoms with Gasteiger partial charge in [0.2, 0.25) is 0 Å². The molecule has 1 aliphatic heterocycles. The highest BCUT2D eigenvalue weighted by atomic mass is 32.2. The molecule has 1 amide bonds. The van der Waals surface area contributed by atoms with Gasteiger partial charge in [-0.1, -0.05) is 12.1 Å². The molecule has 0 radical (unpaired) electrons. The largest absolute Gasteiger partial charge is 0.484 e. The number of furan rings is 1. The van der Waals surface area contributed by atoms with E-state index in [4.69, 9.17) is 9.15 Å². The Morgan fingerprint density at radius 1 is 1.22 bits per heavy atom. The Hall–Kier alpha value is -1.53. The van der Waals surface area contributed by atoms with Gasteiger partial charge in [-0.3, -0.25) is 4.79 Å². The fourth-order valence-electron chi connectivity index (χ4n) is 2.20. The first-order valence-corrected chi connectivity index (χ1v) is 9.66. The molecular formula is C17H19NO3S2. The zero-order valence-electron chi connectivity index (χ0n) is 12.7. The predicted molar refractivity (Wildman–Crippen MR) is 94.8 cm³/mol. The summed E-state index contributed by atoms with van der Waals surface area (Å²) < 4.78 is 11.2. The van der Waals surface area contributed by atoms with Crippen LogP contribution in [-0.4, -0.2) is 24.0 Å². The van der Waals surface area contributed by atoms with E-state index >= 15 is 0 Å². The molecule has 23 heavy (non-hydrogen) atoms. The number of hydrogen-bond donors (Lipinski definition) is 1. The number of carbonyl (C=O) groups is 1. The van der Waals surface area contributed by atoms with Crippen LogP contribution in [0.4, 0.5) is 0 Å². The number of hydrogen-bond acceptors (Lipinski definition) is 5. The second kappa shape index (κ2) is 8.36. The molecular weight excluding hydrogens is 330 g/mol. The van der Waals surface area contributed by atoms with E-state index in [1.807, 2.05) is 41.7 Å². The van der Waals surface area contributed by atoms with Crippen molar-refractivity contribution in [3.05, 3.63) is 54.0 Å². The minimum absolute atomic E-state index is 0.00693. The summed E-state index contributed by atoms with van der Waals surface area (Å²) in [5.41, 5.74) is 1.31. The Kier molecular flexibility index (Phi) is 5.93. The van der Waals surface area contributed by atoms with Crippen LogP contribution in [0, 0.1) is 0 Å². The molecule has 2 aromatic rings. The molecule has 1 saturated heterocycles. The van der Waals surface area contributed by atoms with Crippen molar-refractivity contribution < 1.29 is 13.9 Å². The molecule has 0 aliphatic carbocycles. The van der Waals surface area contributed by atoms with Crippen molar-refractivity contribution in [2.45, 2.75) is 17.5 Å². The summed E-state index contributed by atoms with van der Waals surface area (Å²) in [5.74, 6) is 3.74. The summed E-state index contributed by atoms with van der Waals surface area (Å²) in [6.45, 7) is 0.386. The monoisotopic (exact) mass is 349 g/mol. The molecule has 0 unspecified atom stereocenters. The molecule has 4 nitrogen and oxygen atoms in total. The van der Waals surface area contributed by atoms with Crippen LogP contribution in [0.5, 0.6) is 5.75 Å². The average Bonchev–Trinajstić information content (AvgIpc) is 3.13. The minimum atomic E-state index is -0.163. The first kappa shape index (κ1) is 16.3. The molecule has 0 saturated carbocycles. The van der Waals surface area contributed by atoms with Crippen molar-refractivity contribution in [2.75, 3.05) is 18.1 Å². The topological polar surface area (TPSA) is 51.5 Å². The van der Waals surface area contributed by atoms with Gasteiger partial charge in [0, 0.05) is 0 Å². The Morgan fingerprint density at radius 2 is 2.00 bits per heavy atom. The quantitative estimate of drug-likeness (QED) is 0.859. The van der Waals surface area contributed by atoms with Gasteiger partial charge in [-0.15, -0.1) is 23.5 Å². The van der Waals surface area contributed by atoms with Crippen LogP contribution in [0.1, 0.15) is 22.3 Å². The number of thioether (sulfide) groups is 2. The third-order valence-corrected chi connectivity index (χ3v) is 6.40. The number of nitrogens with one attached hydrogen (secondary N) is 1. The highest BCUT2D eigenvalue weighted by molar-refractivity contribution is 8.16. The van der Waals surface area contributed by atoms with E-state index in [-0.39, 0.29) is 12.5 Å². The minimum Gasteiger partial charge on any atom is -0.484 e. The summed E-state index contributed by atoms with van der Waals surface area (Å²) in [4.78, 5) is 11.7. The third-order valence-electron chi connectivity index (χ3n) is 3.39. The zero-order valence-corrected chi connectivity index (χ0v) is 14.3. The molecule has 3 rings (SSSR count). The first-order chi connectivity index (χ1) is 11.3.